The van der Waals surface area contributed by atoms with Crippen molar-refractivity contribution < 1.29 is 26.4 Å². The number of nitrogens with zero attached hydrogens (tertiary/aromatic N) is 2. The lowest BCUT2D eigenvalue weighted by Crippen LogP contribution is -2.38. The maximum Gasteiger partial charge on any atom is 0.255 e. The summed E-state index contributed by atoms with van der Waals surface area (Å²) in [4.78, 5) is 26.2. The summed E-state index contributed by atoms with van der Waals surface area (Å²) in [7, 11) is -5.41. The summed E-state index contributed by atoms with van der Waals surface area (Å²) in [5.74, 6) is -1.98. The normalized spacial score (nSPS) is 26.3. The Morgan fingerprint density at radius 3 is 2.37 bits per heavy atom. The van der Waals surface area contributed by atoms with E-state index in [0.29, 0.717) is 10.7 Å². The molecule has 1 aromatic rings. The number of anilines is 1. The number of rotatable bonds is 3. The zero-order valence-corrected chi connectivity index (χ0v) is 17.1. The molecule has 11 heteroatoms. The number of halogens is 1. The summed E-state index contributed by atoms with van der Waals surface area (Å²) >= 11 is 6.19. The van der Waals surface area contributed by atoms with Crippen LogP contribution >= 0.6 is 11.6 Å². The van der Waals surface area contributed by atoms with E-state index >= 15 is 0 Å². The maximum atomic E-state index is 12.7. The van der Waals surface area contributed by atoms with Crippen LogP contribution in [0.5, 0.6) is 0 Å². The molecular weight excluding hydrogens is 416 g/mol. The van der Waals surface area contributed by atoms with Crippen LogP contribution in [0.4, 0.5) is 5.69 Å². The van der Waals surface area contributed by atoms with Gasteiger partial charge in [0.15, 0.2) is 9.84 Å². The molecule has 2 heterocycles. The van der Waals surface area contributed by atoms with Gasteiger partial charge in [0.25, 0.3) is 5.91 Å². The van der Waals surface area contributed by atoms with Gasteiger partial charge in [0.1, 0.15) is 0 Å². The van der Waals surface area contributed by atoms with Gasteiger partial charge in [-0.1, -0.05) is 18.5 Å². The van der Waals surface area contributed by atoms with Crippen molar-refractivity contribution in [3.63, 3.8) is 0 Å². The van der Waals surface area contributed by atoms with Gasteiger partial charge in [-0.25, -0.2) is 21.1 Å². The molecule has 27 heavy (non-hydrogen) atoms. The van der Waals surface area contributed by atoms with Crippen LogP contribution in [0.3, 0.4) is 0 Å². The minimum atomic E-state index is -3.77. The molecule has 2 atom stereocenters. The predicted molar refractivity (Wildman–Crippen MR) is 101 cm³/mol. The zero-order chi connectivity index (χ0) is 20.1. The van der Waals surface area contributed by atoms with E-state index in [2.05, 4.69) is 0 Å². The summed E-state index contributed by atoms with van der Waals surface area (Å²) in [6.45, 7) is 1.53. The first-order valence-corrected chi connectivity index (χ1v) is 12.1. The summed E-state index contributed by atoms with van der Waals surface area (Å²) in [6.07, 6.45) is 0.360. The van der Waals surface area contributed by atoms with Gasteiger partial charge in [-0.05, 0) is 24.6 Å². The van der Waals surface area contributed by atoms with Crippen LogP contribution in [-0.4, -0.2) is 63.9 Å². The SMILES string of the molecule is CC1CS(=O)(=O)N(c2ccc(C(=O)N(C)C3CCS(=O)(=O)C3)c(Cl)c2)C1=O. The van der Waals surface area contributed by atoms with Crippen molar-refractivity contribution in [3.05, 3.63) is 28.8 Å². The monoisotopic (exact) mass is 434 g/mol. The molecule has 0 saturated carbocycles. The summed E-state index contributed by atoms with van der Waals surface area (Å²) < 4.78 is 48.3. The minimum Gasteiger partial charge on any atom is -0.338 e. The lowest BCUT2D eigenvalue weighted by atomic mass is 10.1. The van der Waals surface area contributed by atoms with Gasteiger partial charge in [-0.3, -0.25) is 9.59 Å². The third kappa shape index (κ3) is 3.70. The first kappa shape index (κ1) is 20.1. The van der Waals surface area contributed by atoms with E-state index in [1.165, 1.54) is 37.1 Å². The van der Waals surface area contributed by atoms with Crippen molar-refractivity contribution in [2.75, 3.05) is 28.6 Å². The van der Waals surface area contributed by atoms with E-state index in [1.807, 2.05) is 0 Å². The lowest BCUT2D eigenvalue weighted by Gasteiger charge is -2.24. The number of sulfone groups is 1. The average Bonchev–Trinajstić information content (AvgIpc) is 3.02. The van der Waals surface area contributed by atoms with Crippen molar-refractivity contribution in [2.45, 2.75) is 19.4 Å². The Kier molecular flexibility index (Phi) is 5.02. The van der Waals surface area contributed by atoms with Crippen molar-refractivity contribution in [3.8, 4) is 0 Å². The highest BCUT2D eigenvalue weighted by molar-refractivity contribution is 7.94. The van der Waals surface area contributed by atoms with E-state index in [0.717, 1.165) is 0 Å². The number of benzene rings is 1. The third-order valence-electron chi connectivity index (χ3n) is 4.85. The Morgan fingerprint density at radius 1 is 1.22 bits per heavy atom. The van der Waals surface area contributed by atoms with Crippen LogP contribution in [0.1, 0.15) is 23.7 Å². The van der Waals surface area contributed by atoms with E-state index in [9.17, 15) is 26.4 Å². The van der Waals surface area contributed by atoms with Gasteiger partial charge < -0.3 is 4.90 Å². The number of hydrogen-bond acceptors (Lipinski definition) is 6. The molecule has 3 rings (SSSR count). The first-order valence-electron chi connectivity index (χ1n) is 8.27. The van der Waals surface area contributed by atoms with E-state index < -0.39 is 43.6 Å². The molecular formula is C16H19ClN2O6S2. The van der Waals surface area contributed by atoms with Crippen LogP contribution in [0.2, 0.25) is 5.02 Å². The topological polar surface area (TPSA) is 109 Å². The second kappa shape index (κ2) is 6.75. The molecule has 0 radical (unpaired) electrons. The molecule has 0 spiro atoms. The maximum absolute atomic E-state index is 12.7. The molecule has 8 nitrogen and oxygen atoms in total. The van der Waals surface area contributed by atoms with Gasteiger partial charge in [-0.15, -0.1) is 0 Å². The van der Waals surface area contributed by atoms with E-state index in [1.54, 1.807) is 0 Å². The molecule has 2 fully saturated rings. The van der Waals surface area contributed by atoms with E-state index in [-0.39, 0.29) is 33.5 Å². The molecule has 1 aromatic carbocycles. The summed E-state index contributed by atoms with van der Waals surface area (Å²) in [5, 5.41) is -0.00671. The highest BCUT2D eigenvalue weighted by Gasteiger charge is 2.42. The molecule has 0 aliphatic carbocycles. The second-order valence-electron chi connectivity index (χ2n) is 6.92. The van der Waals surface area contributed by atoms with Gasteiger partial charge in [0.05, 0.1) is 39.4 Å². The predicted octanol–water partition coefficient (Wildman–Crippen LogP) is 0.912. The van der Waals surface area contributed by atoms with Crippen LogP contribution in [0.15, 0.2) is 18.2 Å². The minimum absolute atomic E-state index is 0.00671. The largest absolute Gasteiger partial charge is 0.338 e. The molecule has 2 unspecified atom stereocenters. The Labute approximate surface area is 163 Å². The zero-order valence-electron chi connectivity index (χ0n) is 14.8. The Balaban J connectivity index is 1.87. The van der Waals surface area contributed by atoms with Crippen molar-refractivity contribution in [1.82, 2.24) is 4.90 Å². The van der Waals surface area contributed by atoms with Crippen LogP contribution in [0.25, 0.3) is 0 Å². The fraction of sp³-hybridized carbons (Fsp3) is 0.500. The van der Waals surface area contributed by atoms with Crippen molar-refractivity contribution in [1.29, 1.82) is 0 Å². The number of carbonyl (C=O) groups excluding carboxylic acids is 2. The molecule has 0 N–H and O–H groups in total. The molecule has 148 valence electrons. The number of hydrogen-bond donors (Lipinski definition) is 0. The van der Waals surface area contributed by atoms with Gasteiger partial charge in [0.2, 0.25) is 15.9 Å². The lowest BCUT2D eigenvalue weighted by molar-refractivity contribution is -0.119. The number of carbonyl (C=O) groups is 2. The second-order valence-corrected chi connectivity index (χ2v) is 11.4. The highest BCUT2D eigenvalue weighted by Crippen LogP contribution is 2.32. The van der Waals surface area contributed by atoms with Gasteiger partial charge >= 0.3 is 0 Å². The Morgan fingerprint density at radius 2 is 1.89 bits per heavy atom. The van der Waals surface area contributed by atoms with Crippen LogP contribution < -0.4 is 4.31 Å². The first-order chi connectivity index (χ1) is 12.4. The molecule has 2 saturated heterocycles. The van der Waals surface area contributed by atoms with Crippen LogP contribution in [-0.2, 0) is 24.7 Å². The standard InChI is InChI=1S/C16H19ClN2O6S2/c1-10-8-27(24,25)19(15(10)20)11-3-4-13(14(17)7-11)16(21)18(2)12-5-6-26(22,23)9-12/h3-4,7,10,12H,5-6,8-9H2,1-2H3. The van der Waals surface area contributed by atoms with Crippen molar-refractivity contribution in [2.24, 2.45) is 5.92 Å². The fourth-order valence-electron chi connectivity index (χ4n) is 3.33. The smallest absolute Gasteiger partial charge is 0.255 e. The van der Waals surface area contributed by atoms with Crippen LogP contribution in [0, 0.1) is 5.92 Å². The molecule has 2 aliphatic rings. The van der Waals surface area contributed by atoms with Crippen molar-refractivity contribution >= 4 is 49.0 Å². The van der Waals surface area contributed by atoms with E-state index in [4.69, 9.17) is 11.6 Å². The fourth-order valence-corrected chi connectivity index (χ4v) is 7.17. The summed E-state index contributed by atoms with van der Waals surface area (Å²) in [5.41, 5.74) is 0.196. The highest BCUT2D eigenvalue weighted by atomic mass is 35.5. The van der Waals surface area contributed by atoms with Gasteiger partial charge in [-0.2, -0.15) is 0 Å². The Hall–Kier alpha value is -1.65. The third-order valence-corrected chi connectivity index (χ3v) is 8.79. The Bertz CT molecular complexity index is 1020. The molecule has 0 bridgehead atoms. The number of sulfonamides is 1. The molecule has 2 aliphatic heterocycles. The molecule has 2 amide bonds. The summed E-state index contributed by atoms with van der Waals surface area (Å²) in [6, 6.07) is 3.54. The molecule has 0 aromatic heterocycles. The quantitative estimate of drug-likeness (QED) is 0.699. The number of amides is 2. The van der Waals surface area contributed by atoms with Gasteiger partial charge in [0, 0.05) is 13.1 Å². The average molecular weight is 435 g/mol.